The second-order valence-corrected chi connectivity index (χ2v) is 4.44. The monoisotopic (exact) mass is 264 g/mol. The topological polar surface area (TPSA) is 51.7 Å². The minimum absolute atomic E-state index is 0.0294. The summed E-state index contributed by atoms with van der Waals surface area (Å²) in [7, 11) is 0. The molecule has 0 aromatic carbocycles. The first-order chi connectivity index (χ1) is 9.26. The van der Waals surface area contributed by atoms with Gasteiger partial charge in [-0.2, -0.15) is 0 Å². The third-order valence-electron chi connectivity index (χ3n) is 3.16. The van der Waals surface area contributed by atoms with Crippen LogP contribution in [0.1, 0.15) is 30.6 Å². The van der Waals surface area contributed by atoms with Crippen molar-refractivity contribution in [3.05, 3.63) is 23.9 Å². The molecule has 1 atom stereocenters. The lowest BCUT2D eigenvalue weighted by Crippen LogP contribution is -2.45. The molecule has 1 aromatic heterocycles. The number of hydrogen-bond acceptors (Lipinski definition) is 4. The molecule has 5 heteroatoms. The Morgan fingerprint density at radius 1 is 1.58 bits per heavy atom. The molecule has 19 heavy (non-hydrogen) atoms. The summed E-state index contributed by atoms with van der Waals surface area (Å²) in [6.07, 6.45) is 2.68. The van der Waals surface area contributed by atoms with Gasteiger partial charge in [0.2, 0.25) is 5.88 Å². The Bertz CT molecular complexity index is 436. The number of rotatable bonds is 4. The van der Waals surface area contributed by atoms with Crippen molar-refractivity contribution >= 4 is 5.91 Å². The summed E-state index contributed by atoms with van der Waals surface area (Å²) in [5, 5.41) is 0. The molecule has 0 radical (unpaired) electrons. The highest BCUT2D eigenvalue weighted by atomic mass is 16.5. The van der Waals surface area contributed by atoms with Gasteiger partial charge in [0, 0.05) is 19.3 Å². The van der Waals surface area contributed by atoms with E-state index in [0.29, 0.717) is 37.7 Å². The Morgan fingerprint density at radius 2 is 2.42 bits per heavy atom. The smallest absolute Gasteiger partial charge is 0.259 e. The number of aromatic nitrogens is 1. The Labute approximate surface area is 113 Å². The fourth-order valence-corrected chi connectivity index (χ4v) is 2.13. The summed E-state index contributed by atoms with van der Waals surface area (Å²) < 4.78 is 11.0. The van der Waals surface area contributed by atoms with E-state index in [-0.39, 0.29) is 12.0 Å². The Balaban J connectivity index is 2.14. The van der Waals surface area contributed by atoms with Crippen LogP contribution in [-0.4, -0.2) is 48.2 Å². The molecule has 1 saturated heterocycles. The van der Waals surface area contributed by atoms with Gasteiger partial charge in [-0.15, -0.1) is 0 Å². The van der Waals surface area contributed by atoms with Crippen molar-refractivity contribution in [2.45, 2.75) is 26.4 Å². The van der Waals surface area contributed by atoms with Gasteiger partial charge in [0.15, 0.2) is 0 Å². The van der Waals surface area contributed by atoms with Crippen LogP contribution < -0.4 is 4.74 Å². The maximum absolute atomic E-state index is 12.5. The van der Waals surface area contributed by atoms with E-state index in [1.54, 1.807) is 18.3 Å². The Morgan fingerprint density at radius 3 is 3.16 bits per heavy atom. The fraction of sp³-hybridized carbons (Fsp3) is 0.571. The van der Waals surface area contributed by atoms with Gasteiger partial charge in [-0.05, 0) is 25.5 Å². The molecule has 2 rings (SSSR count). The summed E-state index contributed by atoms with van der Waals surface area (Å²) in [5.74, 6) is 0.382. The van der Waals surface area contributed by atoms with Gasteiger partial charge in [-0.3, -0.25) is 4.79 Å². The zero-order chi connectivity index (χ0) is 13.7. The van der Waals surface area contributed by atoms with E-state index in [1.807, 2.05) is 11.8 Å². The molecule has 1 aliphatic heterocycles. The molecule has 104 valence electrons. The lowest BCUT2D eigenvalue weighted by atomic mass is 10.2. The van der Waals surface area contributed by atoms with Gasteiger partial charge in [0.1, 0.15) is 5.56 Å². The predicted molar refractivity (Wildman–Crippen MR) is 71.3 cm³/mol. The van der Waals surface area contributed by atoms with Gasteiger partial charge in [-0.1, -0.05) is 6.92 Å². The molecule has 1 amide bonds. The summed E-state index contributed by atoms with van der Waals surface area (Å²) in [4.78, 5) is 18.4. The van der Waals surface area contributed by atoms with Crippen LogP contribution in [0, 0.1) is 0 Å². The zero-order valence-electron chi connectivity index (χ0n) is 11.5. The lowest BCUT2D eigenvalue weighted by Gasteiger charge is -2.32. The number of amides is 1. The Kier molecular flexibility index (Phi) is 4.74. The first-order valence-electron chi connectivity index (χ1n) is 6.75. The van der Waals surface area contributed by atoms with E-state index in [2.05, 4.69) is 11.9 Å². The number of pyridine rings is 1. The van der Waals surface area contributed by atoms with Crippen LogP contribution in [0.25, 0.3) is 0 Å². The summed E-state index contributed by atoms with van der Waals surface area (Å²) in [6, 6.07) is 3.52. The molecule has 5 nitrogen and oxygen atoms in total. The molecule has 0 unspecified atom stereocenters. The predicted octanol–water partition coefficient (Wildman–Crippen LogP) is 1.73. The van der Waals surface area contributed by atoms with Gasteiger partial charge >= 0.3 is 0 Å². The molecule has 0 N–H and O–H groups in total. The molecular formula is C14H20N2O3. The minimum Gasteiger partial charge on any atom is -0.477 e. The first kappa shape index (κ1) is 13.8. The quantitative estimate of drug-likeness (QED) is 0.831. The highest BCUT2D eigenvalue weighted by Gasteiger charge is 2.26. The van der Waals surface area contributed by atoms with Crippen LogP contribution in [0.2, 0.25) is 0 Å². The van der Waals surface area contributed by atoms with Crippen LogP contribution in [0.4, 0.5) is 0 Å². The first-order valence-corrected chi connectivity index (χ1v) is 6.75. The van der Waals surface area contributed by atoms with Crippen molar-refractivity contribution in [2.75, 3.05) is 26.3 Å². The number of nitrogens with zero attached hydrogens (tertiary/aromatic N) is 2. The van der Waals surface area contributed by atoms with E-state index in [9.17, 15) is 4.79 Å². The summed E-state index contributed by atoms with van der Waals surface area (Å²) in [5.41, 5.74) is 0.529. The van der Waals surface area contributed by atoms with E-state index in [0.717, 1.165) is 6.42 Å². The molecule has 0 aliphatic carbocycles. The van der Waals surface area contributed by atoms with Crippen molar-refractivity contribution < 1.29 is 14.3 Å². The van der Waals surface area contributed by atoms with Crippen molar-refractivity contribution in [3.63, 3.8) is 0 Å². The van der Waals surface area contributed by atoms with E-state index in [1.165, 1.54) is 0 Å². The third-order valence-corrected chi connectivity index (χ3v) is 3.16. The van der Waals surface area contributed by atoms with Gasteiger partial charge < -0.3 is 14.4 Å². The number of carbonyl (C=O) groups is 1. The maximum atomic E-state index is 12.5. The number of carbonyl (C=O) groups excluding carboxylic acids is 1. The highest BCUT2D eigenvalue weighted by Crippen LogP contribution is 2.19. The Hall–Kier alpha value is -1.62. The molecule has 1 fully saturated rings. The van der Waals surface area contributed by atoms with Crippen LogP contribution in [0.15, 0.2) is 18.3 Å². The van der Waals surface area contributed by atoms with Crippen LogP contribution >= 0.6 is 0 Å². The molecule has 2 heterocycles. The molecule has 0 spiro atoms. The van der Waals surface area contributed by atoms with Crippen LogP contribution in [-0.2, 0) is 4.74 Å². The van der Waals surface area contributed by atoms with E-state index >= 15 is 0 Å². The lowest BCUT2D eigenvalue weighted by molar-refractivity contribution is -0.0227. The standard InChI is InChI=1S/C14H20N2O3/c1-3-11-10-16(8-9-19-11)14(17)12-6-5-7-15-13(12)18-4-2/h5-7,11H,3-4,8-10H2,1-2H3/t11-/m0/s1. The number of ether oxygens (including phenoxy) is 2. The van der Waals surface area contributed by atoms with Crippen molar-refractivity contribution in [2.24, 2.45) is 0 Å². The van der Waals surface area contributed by atoms with Crippen molar-refractivity contribution in [1.29, 1.82) is 0 Å². The summed E-state index contributed by atoms with van der Waals surface area (Å²) in [6.45, 7) is 6.29. The largest absolute Gasteiger partial charge is 0.477 e. The van der Waals surface area contributed by atoms with Crippen molar-refractivity contribution in [1.82, 2.24) is 9.88 Å². The van der Waals surface area contributed by atoms with Gasteiger partial charge in [-0.25, -0.2) is 4.98 Å². The van der Waals surface area contributed by atoms with Crippen LogP contribution in [0.3, 0.4) is 0 Å². The minimum atomic E-state index is -0.0294. The zero-order valence-corrected chi connectivity index (χ0v) is 11.5. The molecule has 0 bridgehead atoms. The third kappa shape index (κ3) is 3.23. The normalized spacial score (nSPS) is 19.3. The SMILES string of the molecule is CCOc1ncccc1C(=O)N1CCO[C@@H](CC)C1. The van der Waals surface area contributed by atoms with Crippen molar-refractivity contribution in [3.8, 4) is 5.88 Å². The van der Waals surface area contributed by atoms with E-state index in [4.69, 9.17) is 9.47 Å². The summed E-state index contributed by atoms with van der Waals surface area (Å²) >= 11 is 0. The van der Waals surface area contributed by atoms with E-state index < -0.39 is 0 Å². The van der Waals surface area contributed by atoms with Gasteiger partial charge in [0.25, 0.3) is 5.91 Å². The number of morpholine rings is 1. The maximum Gasteiger partial charge on any atom is 0.259 e. The second kappa shape index (κ2) is 6.52. The molecule has 0 saturated carbocycles. The average molecular weight is 264 g/mol. The number of hydrogen-bond donors (Lipinski definition) is 0. The molecular weight excluding hydrogens is 244 g/mol. The molecule has 1 aliphatic rings. The molecule has 1 aromatic rings. The van der Waals surface area contributed by atoms with Gasteiger partial charge in [0.05, 0.1) is 19.3 Å². The van der Waals surface area contributed by atoms with Crippen LogP contribution in [0.5, 0.6) is 5.88 Å². The highest BCUT2D eigenvalue weighted by molar-refractivity contribution is 5.96. The fourth-order valence-electron chi connectivity index (χ4n) is 2.13. The average Bonchev–Trinajstić information content (AvgIpc) is 2.47. The second-order valence-electron chi connectivity index (χ2n) is 4.44.